The van der Waals surface area contributed by atoms with E-state index in [0.717, 1.165) is 23.9 Å². The second-order valence-electron chi connectivity index (χ2n) is 8.63. The molecule has 2 nitrogen and oxygen atoms in total. The van der Waals surface area contributed by atoms with Crippen molar-refractivity contribution in [3.8, 4) is 0 Å². The zero-order chi connectivity index (χ0) is 14.8. The normalized spacial score (nSPS) is 36.5. The van der Waals surface area contributed by atoms with Crippen molar-refractivity contribution in [2.24, 2.45) is 11.8 Å². The molecular weight excluding hydrogens is 268 g/mol. The van der Waals surface area contributed by atoms with E-state index in [1.165, 1.54) is 103 Å². The van der Waals surface area contributed by atoms with E-state index in [-0.39, 0.29) is 0 Å². The molecule has 0 radical (unpaired) electrons. The minimum Gasteiger partial charge on any atom is -0.298 e. The summed E-state index contributed by atoms with van der Waals surface area (Å²) in [6.45, 7) is 5.56. The van der Waals surface area contributed by atoms with Crippen LogP contribution >= 0.6 is 0 Å². The zero-order valence-corrected chi connectivity index (χ0v) is 14.5. The number of hydrogen-bond acceptors (Lipinski definition) is 2. The first-order valence-electron chi connectivity index (χ1n) is 10.4. The van der Waals surface area contributed by atoms with Gasteiger partial charge in [0.05, 0.1) is 0 Å². The van der Waals surface area contributed by atoms with Crippen LogP contribution in [0.15, 0.2) is 0 Å². The number of piperazine rings is 1. The van der Waals surface area contributed by atoms with E-state index in [0.29, 0.717) is 0 Å². The van der Waals surface area contributed by atoms with Crippen molar-refractivity contribution >= 4 is 0 Å². The molecule has 2 saturated carbocycles. The molecule has 0 aromatic rings. The summed E-state index contributed by atoms with van der Waals surface area (Å²) in [6, 6.07) is 1.83. The Labute approximate surface area is 137 Å². The Hall–Kier alpha value is -0.0800. The topological polar surface area (TPSA) is 6.48 Å². The number of fused-ring (bicyclic) bond motifs is 1. The minimum absolute atomic E-state index is 0.915. The molecule has 2 heterocycles. The lowest BCUT2D eigenvalue weighted by atomic mass is 9.78. The van der Waals surface area contributed by atoms with Crippen molar-refractivity contribution in [2.45, 2.75) is 89.1 Å². The van der Waals surface area contributed by atoms with Crippen LogP contribution in [-0.4, -0.2) is 48.1 Å². The van der Waals surface area contributed by atoms with Gasteiger partial charge in [0.2, 0.25) is 0 Å². The minimum atomic E-state index is 0.915. The highest BCUT2D eigenvalue weighted by Gasteiger charge is 2.43. The first-order chi connectivity index (χ1) is 10.9. The summed E-state index contributed by atoms with van der Waals surface area (Å²) in [4.78, 5) is 5.86. The lowest BCUT2D eigenvalue weighted by Gasteiger charge is -2.50. The maximum Gasteiger partial charge on any atom is 0.0280 e. The largest absolute Gasteiger partial charge is 0.298 e. The Morgan fingerprint density at radius 3 is 2.14 bits per heavy atom. The van der Waals surface area contributed by atoms with Crippen molar-refractivity contribution in [3.63, 3.8) is 0 Å². The van der Waals surface area contributed by atoms with Gasteiger partial charge in [-0.2, -0.15) is 0 Å². The van der Waals surface area contributed by atoms with E-state index in [9.17, 15) is 0 Å². The monoisotopic (exact) mass is 304 g/mol. The maximum absolute atomic E-state index is 3.00. The Morgan fingerprint density at radius 1 is 0.636 bits per heavy atom. The van der Waals surface area contributed by atoms with E-state index < -0.39 is 0 Å². The molecule has 2 atom stereocenters. The molecule has 0 aromatic heterocycles. The fourth-order valence-electron chi connectivity index (χ4n) is 6.17. The van der Waals surface area contributed by atoms with Gasteiger partial charge >= 0.3 is 0 Å². The summed E-state index contributed by atoms with van der Waals surface area (Å²) in [7, 11) is 0. The van der Waals surface area contributed by atoms with Crippen LogP contribution in [-0.2, 0) is 0 Å². The Bertz CT molecular complexity index is 344. The lowest BCUT2D eigenvalue weighted by Crippen LogP contribution is -2.60. The number of nitrogens with zero attached hydrogens (tertiary/aromatic N) is 2. The van der Waals surface area contributed by atoms with Crippen molar-refractivity contribution in [3.05, 3.63) is 0 Å². The number of rotatable bonds is 3. The summed E-state index contributed by atoms with van der Waals surface area (Å²) in [5.41, 5.74) is 0. The van der Waals surface area contributed by atoms with Crippen LogP contribution in [0.25, 0.3) is 0 Å². The third-order valence-electron chi connectivity index (χ3n) is 7.25. The van der Waals surface area contributed by atoms with Gasteiger partial charge in [-0.3, -0.25) is 9.80 Å². The molecule has 126 valence electrons. The quantitative estimate of drug-likeness (QED) is 0.767. The van der Waals surface area contributed by atoms with Crippen LogP contribution in [0.1, 0.15) is 77.0 Å². The summed E-state index contributed by atoms with van der Waals surface area (Å²) in [5, 5.41) is 0. The van der Waals surface area contributed by atoms with Crippen LogP contribution in [0, 0.1) is 11.8 Å². The van der Waals surface area contributed by atoms with Crippen molar-refractivity contribution in [2.75, 3.05) is 26.2 Å². The number of hydrogen-bond donors (Lipinski definition) is 0. The maximum atomic E-state index is 3.00. The molecular formula is C20H36N2. The van der Waals surface area contributed by atoms with E-state index in [4.69, 9.17) is 0 Å². The summed E-state index contributed by atoms with van der Waals surface area (Å²) in [5.74, 6) is 2.04. The van der Waals surface area contributed by atoms with E-state index >= 15 is 0 Å². The van der Waals surface area contributed by atoms with Crippen molar-refractivity contribution < 1.29 is 0 Å². The molecule has 2 aliphatic heterocycles. The first kappa shape index (κ1) is 15.4. The molecule has 2 saturated heterocycles. The molecule has 0 spiro atoms. The van der Waals surface area contributed by atoms with E-state index in [1.807, 2.05) is 0 Å². The van der Waals surface area contributed by atoms with Crippen LogP contribution in [0.2, 0.25) is 0 Å². The predicted molar refractivity (Wildman–Crippen MR) is 93.1 cm³/mol. The second kappa shape index (κ2) is 7.21. The standard InChI is InChI=1S/C20H36N2/c1-3-8-17(9-4-1)16-22-15-14-21-13-7-12-19(21)20(22)18-10-5-2-6-11-18/h17-20H,1-16H2/t19-,20+/m1/s1. The van der Waals surface area contributed by atoms with E-state index in [1.54, 1.807) is 0 Å². The highest BCUT2D eigenvalue weighted by Crippen LogP contribution is 2.38. The molecule has 4 rings (SSSR count). The summed E-state index contributed by atoms with van der Waals surface area (Å²) in [6.07, 6.45) is 18.0. The SMILES string of the molecule is C1CCC(CN2CCN3CCC[C@@H]3[C@@H]2C2CCCCC2)CC1. The van der Waals surface area contributed by atoms with Crippen molar-refractivity contribution in [1.29, 1.82) is 0 Å². The molecule has 4 fully saturated rings. The third kappa shape index (κ3) is 3.24. The van der Waals surface area contributed by atoms with Gasteiger partial charge in [0.25, 0.3) is 0 Å². The first-order valence-corrected chi connectivity index (χ1v) is 10.4. The van der Waals surface area contributed by atoms with Gasteiger partial charge in [0.1, 0.15) is 0 Å². The molecule has 0 N–H and O–H groups in total. The predicted octanol–water partition coefficient (Wildman–Crippen LogP) is 4.30. The Kier molecular flexibility index (Phi) is 5.07. The fraction of sp³-hybridized carbons (Fsp3) is 1.00. The van der Waals surface area contributed by atoms with E-state index in [2.05, 4.69) is 9.80 Å². The molecule has 2 aliphatic carbocycles. The van der Waals surface area contributed by atoms with Gasteiger partial charge in [0.15, 0.2) is 0 Å². The van der Waals surface area contributed by atoms with Crippen LogP contribution < -0.4 is 0 Å². The summed E-state index contributed by atoms with van der Waals surface area (Å²) < 4.78 is 0. The molecule has 0 unspecified atom stereocenters. The highest BCUT2D eigenvalue weighted by molar-refractivity contribution is 4.99. The average molecular weight is 305 g/mol. The summed E-state index contributed by atoms with van der Waals surface area (Å²) >= 11 is 0. The van der Waals surface area contributed by atoms with Crippen LogP contribution in [0.3, 0.4) is 0 Å². The van der Waals surface area contributed by atoms with Crippen LogP contribution in [0.5, 0.6) is 0 Å². The molecule has 0 amide bonds. The zero-order valence-electron chi connectivity index (χ0n) is 14.5. The van der Waals surface area contributed by atoms with Gasteiger partial charge < -0.3 is 0 Å². The average Bonchev–Trinajstić information content (AvgIpc) is 3.05. The molecule has 0 aromatic carbocycles. The highest BCUT2D eigenvalue weighted by atomic mass is 15.3. The molecule has 2 heteroatoms. The Balaban J connectivity index is 1.46. The van der Waals surface area contributed by atoms with Gasteiger partial charge in [-0.15, -0.1) is 0 Å². The molecule has 4 aliphatic rings. The van der Waals surface area contributed by atoms with Crippen molar-refractivity contribution in [1.82, 2.24) is 9.80 Å². The smallest absolute Gasteiger partial charge is 0.0280 e. The van der Waals surface area contributed by atoms with Gasteiger partial charge in [-0.1, -0.05) is 38.5 Å². The Morgan fingerprint density at radius 2 is 1.36 bits per heavy atom. The fourth-order valence-corrected chi connectivity index (χ4v) is 6.17. The third-order valence-corrected chi connectivity index (χ3v) is 7.25. The lowest BCUT2D eigenvalue weighted by molar-refractivity contribution is -0.01000. The molecule has 0 bridgehead atoms. The molecule has 22 heavy (non-hydrogen) atoms. The van der Waals surface area contributed by atoms with Crippen LogP contribution in [0.4, 0.5) is 0 Å². The second-order valence-corrected chi connectivity index (χ2v) is 8.63. The van der Waals surface area contributed by atoms with Gasteiger partial charge in [0, 0.05) is 31.7 Å². The van der Waals surface area contributed by atoms with Gasteiger partial charge in [-0.05, 0) is 56.9 Å². The van der Waals surface area contributed by atoms with Gasteiger partial charge in [-0.25, -0.2) is 0 Å².